The third-order valence-corrected chi connectivity index (χ3v) is 4.61. The minimum atomic E-state index is -2.39. The van der Waals surface area contributed by atoms with E-state index in [1.165, 1.54) is 10.4 Å². The molecule has 6 heteroatoms. The van der Waals surface area contributed by atoms with Crippen molar-refractivity contribution in [2.45, 2.75) is 25.8 Å². The number of halogens is 3. The van der Waals surface area contributed by atoms with E-state index < -0.39 is 13.0 Å². The van der Waals surface area contributed by atoms with Crippen molar-refractivity contribution in [3.05, 3.63) is 20.3 Å². The maximum Gasteiger partial charge on any atom is 0.261 e. The number of thiophene rings is 1. The normalized spacial score (nSPS) is 13.3. The highest BCUT2D eigenvalue weighted by atomic mass is 79.9. The molecule has 0 radical (unpaired) electrons. The number of aryl methyl sites for hydroxylation is 1. The molecule has 0 fully saturated rings. The first-order valence-electron chi connectivity index (χ1n) is 5.33. The van der Waals surface area contributed by atoms with Crippen molar-refractivity contribution >= 4 is 27.3 Å². The zero-order valence-corrected chi connectivity index (χ0v) is 12.2. The third kappa shape index (κ3) is 4.99. The van der Waals surface area contributed by atoms with E-state index in [2.05, 4.69) is 27.3 Å². The molecule has 1 unspecified atom stereocenters. The second kappa shape index (κ2) is 7.41. The molecule has 1 rings (SSSR count). The molecule has 0 saturated carbocycles. The van der Waals surface area contributed by atoms with Gasteiger partial charge in [0, 0.05) is 17.5 Å². The zero-order valence-electron chi connectivity index (χ0n) is 9.80. The van der Waals surface area contributed by atoms with Crippen LogP contribution in [0.3, 0.4) is 0 Å². The lowest BCUT2D eigenvalue weighted by Gasteiger charge is -2.14. The fourth-order valence-electron chi connectivity index (χ4n) is 1.46. The van der Waals surface area contributed by atoms with Crippen LogP contribution in [-0.2, 0) is 4.74 Å². The number of rotatable bonds is 7. The van der Waals surface area contributed by atoms with Crippen molar-refractivity contribution in [2.75, 3.05) is 20.3 Å². The van der Waals surface area contributed by atoms with Gasteiger partial charge in [0.05, 0.1) is 3.79 Å². The topological polar surface area (TPSA) is 21.3 Å². The van der Waals surface area contributed by atoms with E-state index in [4.69, 9.17) is 4.74 Å². The molecular formula is C11H16BrF2NOS. The molecule has 0 spiro atoms. The highest BCUT2D eigenvalue weighted by Gasteiger charge is 2.13. The average molecular weight is 328 g/mol. The first kappa shape index (κ1) is 15.0. The first-order chi connectivity index (χ1) is 8.04. The van der Waals surface area contributed by atoms with Crippen molar-refractivity contribution in [3.63, 3.8) is 0 Å². The molecule has 1 aromatic heterocycles. The van der Waals surface area contributed by atoms with Gasteiger partial charge in [-0.15, -0.1) is 11.3 Å². The van der Waals surface area contributed by atoms with E-state index in [0.29, 0.717) is 13.0 Å². The van der Waals surface area contributed by atoms with E-state index in [1.54, 1.807) is 11.3 Å². The van der Waals surface area contributed by atoms with Gasteiger partial charge in [0.15, 0.2) is 0 Å². The standard InChI is InChI=1S/C11H16BrF2NOS/c1-7-5-9(17-11(7)12)8(15-2)3-4-16-6-10(13)14/h5,8,10,15H,3-4,6H2,1-2H3. The minimum absolute atomic E-state index is 0.155. The third-order valence-electron chi connectivity index (χ3n) is 2.36. The van der Waals surface area contributed by atoms with Crippen molar-refractivity contribution in [1.29, 1.82) is 0 Å². The summed E-state index contributed by atoms with van der Waals surface area (Å²) in [5.74, 6) is 0. The summed E-state index contributed by atoms with van der Waals surface area (Å²) in [6, 6.07) is 2.26. The molecule has 1 aromatic rings. The molecule has 0 amide bonds. The SMILES string of the molecule is CNC(CCOCC(F)F)c1cc(C)c(Br)s1. The maximum absolute atomic E-state index is 11.9. The van der Waals surface area contributed by atoms with Crippen molar-refractivity contribution in [1.82, 2.24) is 5.32 Å². The molecule has 0 aliphatic heterocycles. The molecular weight excluding hydrogens is 312 g/mol. The molecule has 2 nitrogen and oxygen atoms in total. The summed E-state index contributed by atoms with van der Waals surface area (Å²) in [6.45, 7) is 1.89. The molecule has 0 bridgehead atoms. The lowest BCUT2D eigenvalue weighted by molar-refractivity contribution is 0.0146. The molecule has 1 heterocycles. The predicted octanol–water partition coefficient (Wildman–Crippen LogP) is 3.75. The van der Waals surface area contributed by atoms with Crippen LogP contribution in [0.4, 0.5) is 8.78 Å². The van der Waals surface area contributed by atoms with Gasteiger partial charge in [-0.25, -0.2) is 8.78 Å². The molecule has 98 valence electrons. The Hall–Kier alpha value is -0.0400. The van der Waals surface area contributed by atoms with Crippen LogP contribution in [0.5, 0.6) is 0 Å². The van der Waals surface area contributed by atoms with E-state index >= 15 is 0 Å². The highest BCUT2D eigenvalue weighted by molar-refractivity contribution is 9.11. The highest BCUT2D eigenvalue weighted by Crippen LogP contribution is 2.32. The van der Waals surface area contributed by atoms with Crippen LogP contribution >= 0.6 is 27.3 Å². The van der Waals surface area contributed by atoms with Crippen molar-refractivity contribution < 1.29 is 13.5 Å². The largest absolute Gasteiger partial charge is 0.375 e. The first-order valence-corrected chi connectivity index (χ1v) is 6.94. The summed E-state index contributed by atoms with van der Waals surface area (Å²) >= 11 is 5.14. The molecule has 0 saturated heterocycles. The smallest absolute Gasteiger partial charge is 0.261 e. The summed E-state index contributed by atoms with van der Waals surface area (Å²) in [4.78, 5) is 1.19. The van der Waals surface area contributed by atoms with E-state index in [1.807, 2.05) is 14.0 Å². The van der Waals surface area contributed by atoms with Crippen LogP contribution in [0.2, 0.25) is 0 Å². The fraction of sp³-hybridized carbons (Fsp3) is 0.636. The average Bonchev–Trinajstić information content (AvgIpc) is 2.59. The van der Waals surface area contributed by atoms with Crippen LogP contribution in [-0.4, -0.2) is 26.7 Å². The lowest BCUT2D eigenvalue weighted by atomic mass is 10.1. The Morgan fingerprint density at radius 1 is 1.53 bits per heavy atom. The van der Waals surface area contributed by atoms with Crippen molar-refractivity contribution in [2.24, 2.45) is 0 Å². The molecule has 1 atom stereocenters. The number of hydrogen-bond donors (Lipinski definition) is 1. The Morgan fingerprint density at radius 2 is 2.24 bits per heavy atom. The summed E-state index contributed by atoms with van der Waals surface area (Å²) in [5.41, 5.74) is 1.19. The fourth-order valence-corrected chi connectivity index (χ4v) is 3.17. The van der Waals surface area contributed by atoms with E-state index in [0.717, 1.165) is 3.79 Å². The van der Waals surface area contributed by atoms with E-state index in [-0.39, 0.29) is 6.04 Å². The molecule has 0 aliphatic rings. The molecule has 17 heavy (non-hydrogen) atoms. The van der Waals surface area contributed by atoms with Crippen LogP contribution < -0.4 is 5.32 Å². The van der Waals surface area contributed by atoms with Gasteiger partial charge in [-0.05, 0) is 48.0 Å². The van der Waals surface area contributed by atoms with Gasteiger partial charge in [0.2, 0.25) is 0 Å². The van der Waals surface area contributed by atoms with Crippen LogP contribution in [0.25, 0.3) is 0 Å². The number of alkyl halides is 2. The zero-order chi connectivity index (χ0) is 12.8. The van der Waals surface area contributed by atoms with Gasteiger partial charge in [-0.2, -0.15) is 0 Å². The van der Waals surface area contributed by atoms with Crippen LogP contribution in [0.1, 0.15) is 22.9 Å². The summed E-state index contributed by atoms with van der Waals surface area (Å²) < 4.78 is 29.8. The Bertz CT molecular complexity index is 327. The van der Waals surface area contributed by atoms with Gasteiger partial charge >= 0.3 is 0 Å². The van der Waals surface area contributed by atoms with Gasteiger partial charge < -0.3 is 10.1 Å². The van der Waals surface area contributed by atoms with Gasteiger partial charge in [-0.3, -0.25) is 0 Å². The second-order valence-corrected chi connectivity index (χ2v) is 6.10. The summed E-state index contributed by atoms with van der Waals surface area (Å²) in [5, 5.41) is 3.17. The van der Waals surface area contributed by atoms with Gasteiger partial charge in [-0.1, -0.05) is 0 Å². The quantitative estimate of drug-likeness (QED) is 0.770. The number of hydrogen-bond acceptors (Lipinski definition) is 3. The molecule has 0 aromatic carbocycles. The van der Waals surface area contributed by atoms with E-state index in [9.17, 15) is 8.78 Å². The summed E-state index contributed by atoms with van der Waals surface area (Å²) in [7, 11) is 1.86. The predicted molar refractivity (Wildman–Crippen MR) is 70.0 cm³/mol. The van der Waals surface area contributed by atoms with Crippen LogP contribution in [0.15, 0.2) is 9.85 Å². The summed E-state index contributed by atoms with van der Waals surface area (Å²) in [6.07, 6.45) is -1.70. The monoisotopic (exact) mass is 327 g/mol. The maximum atomic E-state index is 11.9. The number of ether oxygens (including phenoxy) is 1. The minimum Gasteiger partial charge on any atom is -0.375 e. The number of nitrogens with one attached hydrogen (secondary N) is 1. The van der Waals surface area contributed by atoms with Crippen LogP contribution in [0, 0.1) is 6.92 Å². The lowest BCUT2D eigenvalue weighted by Crippen LogP contribution is -2.18. The molecule has 0 aliphatic carbocycles. The Morgan fingerprint density at radius 3 is 2.71 bits per heavy atom. The Balaban J connectivity index is 2.43. The Labute approximate surface area is 112 Å². The van der Waals surface area contributed by atoms with Gasteiger partial charge in [0.1, 0.15) is 6.61 Å². The Kier molecular flexibility index (Phi) is 6.54. The second-order valence-electron chi connectivity index (χ2n) is 3.70. The van der Waals surface area contributed by atoms with Gasteiger partial charge in [0.25, 0.3) is 6.43 Å². The molecule has 1 N–H and O–H groups in total. The van der Waals surface area contributed by atoms with Crippen molar-refractivity contribution in [3.8, 4) is 0 Å².